The van der Waals surface area contributed by atoms with E-state index < -0.39 is 12.0 Å². The minimum absolute atomic E-state index is 0.0111. The molecular weight excluding hydrogens is 238 g/mol. The first-order chi connectivity index (χ1) is 8.41. The second kappa shape index (κ2) is 6.23. The number of carbonyl (C=O) groups is 3. The molecule has 7 nitrogen and oxygen atoms in total. The van der Waals surface area contributed by atoms with E-state index in [-0.39, 0.29) is 19.0 Å². The molecule has 0 unspecified atom stereocenters. The fourth-order valence-corrected chi connectivity index (χ4v) is 1.90. The first-order valence-corrected chi connectivity index (χ1v) is 5.87. The van der Waals surface area contributed by atoms with Crippen LogP contribution >= 0.6 is 0 Å². The predicted molar refractivity (Wildman–Crippen MR) is 64.1 cm³/mol. The number of rotatable bonds is 4. The van der Waals surface area contributed by atoms with E-state index in [9.17, 15) is 14.4 Å². The van der Waals surface area contributed by atoms with Crippen LogP contribution in [0.25, 0.3) is 0 Å². The van der Waals surface area contributed by atoms with E-state index in [2.05, 4.69) is 0 Å². The van der Waals surface area contributed by atoms with Crippen molar-refractivity contribution in [3.8, 4) is 0 Å². The van der Waals surface area contributed by atoms with Crippen molar-refractivity contribution in [1.82, 2.24) is 14.7 Å². The molecule has 0 aromatic heterocycles. The largest absolute Gasteiger partial charge is 0.480 e. The maximum atomic E-state index is 11.8. The number of urea groups is 1. The topological polar surface area (TPSA) is 81.2 Å². The molecule has 0 radical (unpaired) electrons. The zero-order valence-corrected chi connectivity index (χ0v) is 10.8. The summed E-state index contributed by atoms with van der Waals surface area (Å²) in [5, 5.41) is 8.58. The molecule has 1 heterocycles. The molecule has 1 saturated heterocycles. The molecule has 102 valence electrons. The van der Waals surface area contributed by atoms with Gasteiger partial charge in [-0.15, -0.1) is 0 Å². The van der Waals surface area contributed by atoms with Gasteiger partial charge in [-0.25, -0.2) is 4.79 Å². The Hall–Kier alpha value is -1.79. The quantitative estimate of drug-likeness (QED) is 0.748. The Morgan fingerprint density at radius 2 is 1.56 bits per heavy atom. The highest BCUT2D eigenvalue weighted by Crippen LogP contribution is 2.08. The lowest BCUT2D eigenvalue weighted by atomic mass is 10.4. The van der Waals surface area contributed by atoms with Crippen LogP contribution in [0.1, 0.15) is 12.8 Å². The van der Waals surface area contributed by atoms with E-state index in [1.54, 1.807) is 4.90 Å². The number of nitrogens with zero attached hydrogens (tertiary/aromatic N) is 3. The van der Waals surface area contributed by atoms with Gasteiger partial charge in [0.05, 0.1) is 0 Å². The molecule has 3 amide bonds. The Balaban J connectivity index is 2.43. The van der Waals surface area contributed by atoms with Crippen molar-refractivity contribution in [3.63, 3.8) is 0 Å². The molecule has 1 rings (SSSR count). The number of carbonyl (C=O) groups excluding carboxylic acids is 2. The van der Waals surface area contributed by atoms with Crippen LogP contribution in [0.4, 0.5) is 4.79 Å². The average molecular weight is 257 g/mol. The van der Waals surface area contributed by atoms with Gasteiger partial charge in [-0.3, -0.25) is 9.59 Å². The normalized spacial score (nSPS) is 14.4. The standard InChI is InChI=1S/C11H19N3O4/c1-12(11(18)13(2)8-10(16)17)7-9(15)14-5-3-4-6-14/h3-8H2,1-2H3,(H,16,17). The molecule has 0 saturated carbocycles. The van der Waals surface area contributed by atoms with Crippen LogP contribution in [-0.2, 0) is 9.59 Å². The second-order valence-corrected chi connectivity index (χ2v) is 4.48. The number of carboxylic acid groups (broad SMARTS) is 1. The Labute approximate surface area is 106 Å². The Bertz CT molecular complexity index is 339. The van der Waals surface area contributed by atoms with Crippen molar-refractivity contribution in [2.75, 3.05) is 40.3 Å². The summed E-state index contributed by atoms with van der Waals surface area (Å²) in [6, 6.07) is -0.468. The maximum Gasteiger partial charge on any atom is 0.323 e. The molecule has 1 aliphatic heterocycles. The SMILES string of the molecule is CN(CC(=O)O)C(=O)N(C)CC(=O)N1CCCC1. The number of hydrogen-bond donors (Lipinski definition) is 1. The van der Waals surface area contributed by atoms with Crippen molar-refractivity contribution in [2.24, 2.45) is 0 Å². The molecule has 0 aromatic carbocycles. The number of carboxylic acids is 1. The Kier molecular flexibility index (Phi) is 4.94. The van der Waals surface area contributed by atoms with Crippen molar-refractivity contribution in [2.45, 2.75) is 12.8 Å². The lowest BCUT2D eigenvalue weighted by molar-refractivity contribution is -0.137. The van der Waals surface area contributed by atoms with Gasteiger partial charge in [-0.2, -0.15) is 0 Å². The van der Waals surface area contributed by atoms with Crippen molar-refractivity contribution >= 4 is 17.9 Å². The number of amides is 3. The molecule has 1 N–H and O–H groups in total. The zero-order valence-electron chi connectivity index (χ0n) is 10.8. The fraction of sp³-hybridized carbons (Fsp3) is 0.727. The molecule has 0 bridgehead atoms. The summed E-state index contributed by atoms with van der Waals surface area (Å²) in [6.07, 6.45) is 2.00. The molecule has 1 fully saturated rings. The number of hydrogen-bond acceptors (Lipinski definition) is 3. The van der Waals surface area contributed by atoms with Crippen LogP contribution in [-0.4, -0.2) is 78.0 Å². The number of likely N-dealkylation sites (tertiary alicyclic amines) is 1. The molecular formula is C11H19N3O4. The van der Waals surface area contributed by atoms with Crippen molar-refractivity contribution in [3.05, 3.63) is 0 Å². The highest BCUT2D eigenvalue weighted by molar-refractivity contribution is 5.85. The van der Waals surface area contributed by atoms with Crippen molar-refractivity contribution in [1.29, 1.82) is 0 Å². The molecule has 0 atom stereocenters. The summed E-state index contributed by atoms with van der Waals surface area (Å²) >= 11 is 0. The third-order valence-corrected chi connectivity index (χ3v) is 2.86. The molecule has 18 heavy (non-hydrogen) atoms. The van der Waals surface area contributed by atoms with Crippen LogP contribution in [0, 0.1) is 0 Å². The number of aliphatic carboxylic acids is 1. The molecule has 0 aliphatic carbocycles. The summed E-state index contributed by atoms with van der Waals surface area (Å²) in [7, 11) is 2.89. The van der Waals surface area contributed by atoms with Gasteiger partial charge in [0.25, 0.3) is 0 Å². The van der Waals surface area contributed by atoms with E-state index in [0.717, 1.165) is 30.8 Å². The van der Waals surface area contributed by atoms with Gasteiger partial charge in [0.2, 0.25) is 5.91 Å². The van der Waals surface area contributed by atoms with E-state index in [1.165, 1.54) is 19.0 Å². The van der Waals surface area contributed by atoms with E-state index in [0.29, 0.717) is 0 Å². The third-order valence-electron chi connectivity index (χ3n) is 2.86. The smallest absolute Gasteiger partial charge is 0.323 e. The molecule has 0 aromatic rings. The predicted octanol–water partition coefficient (Wildman–Crippen LogP) is -0.323. The summed E-state index contributed by atoms with van der Waals surface area (Å²) < 4.78 is 0. The summed E-state index contributed by atoms with van der Waals surface area (Å²) in [5.41, 5.74) is 0. The zero-order chi connectivity index (χ0) is 13.7. The first-order valence-electron chi connectivity index (χ1n) is 5.87. The van der Waals surface area contributed by atoms with Crippen LogP contribution < -0.4 is 0 Å². The van der Waals surface area contributed by atoms with Gasteiger partial charge in [0.1, 0.15) is 13.1 Å². The molecule has 1 aliphatic rings. The van der Waals surface area contributed by atoms with Crippen LogP contribution in [0.15, 0.2) is 0 Å². The van der Waals surface area contributed by atoms with Gasteiger partial charge >= 0.3 is 12.0 Å². The monoisotopic (exact) mass is 257 g/mol. The van der Waals surface area contributed by atoms with Gasteiger partial charge < -0.3 is 19.8 Å². The lowest BCUT2D eigenvalue weighted by Gasteiger charge is -2.25. The van der Waals surface area contributed by atoms with Gasteiger partial charge in [-0.05, 0) is 12.8 Å². The third kappa shape index (κ3) is 3.90. The summed E-state index contributed by atoms with van der Waals surface area (Å²) in [5.74, 6) is -1.17. The number of likely N-dealkylation sites (N-methyl/N-ethyl adjacent to an activating group) is 2. The molecule has 0 spiro atoms. The summed E-state index contributed by atoms with van der Waals surface area (Å²) in [4.78, 5) is 38.1. The van der Waals surface area contributed by atoms with E-state index in [4.69, 9.17) is 5.11 Å². The van der Waals surface area contributed by atoms with Crippen LogP contribution in [0.5, 0.6) is 0 Å². The van der Waals surface area contributed by atoms with E-state index in [1.807, 2.05) is 0 Å². The van der Waals surface area contributed by atoms with Gasteiger partial charge in [0.15, 0.2) is 0 Å². The Morgan fingerprint density at radius 1 is 1.06 bits per heavy atom. The van der Waals surface area contributed by atoms with E-state index >= 15 is 0 Å². The maximum absolute atomic E-state index is 11.8. The van der Waals surface area contributed by atoms with Gasteiger partial charge in [0, 0.05) is 27.2 Å². The van der Waals surface area contributed by atoms with Crippen LogP contribution in [0.2, 0.25) is 0 Å². The fourth-order valence-electron chi connectivity index (χ4n) is 1.90. The lowest BCUT2D eigenvalue weighted by Crippen LogP contribution is -2.46. The minimum Gasteiger partial charge on any atom is -0.480 e. The van der Waals surface area contributed by atoms with Crippen LogP contribution in [0.3, 0.4) is 0 Å². The van der Waals surface area contributed by atoms with Gasteiger partial charge in [-0.1, -0.05) is 0 Å². The molecule has 7 heteroatoms. The van der Waals surface area contributed by atoms with Crippen molar-refractivity contribution < 1.29 is 19.5 Å². The highest BCUT2D eigenvalue weighted by atomic mass is 16.4. The highest BCUT2D eigenvalue weighted by Gasteiger charge is 2.23. The first kappa shape index (κ1) is 14.3. The Morgan fingerprint density at radius 3 is 2.06 bits per heavy atom. The average Bonchev–Trinajstić information content (AvgIpc) is 2.80. The second-order valence-electron chi connectivity index (χ2n) is 4.48. The minimum atomic E-state index is -1.08. The summed E-state index contributed by atoms with van der Waals surface area (Å²) in [6.45, 7) is 1.10.